The maximum atomic E-state index is 13.0. The van der Waals surface area contributed by atoms with Crippen molar-refractivity contribution < 1.29 is 14.7 Å². The maximum absolute atomic E-state index is 13.0. The third kappa shape index (κ3) is 3.49. The number of hydrogen-bond donors (Lipinski definition) is 2. The molecule has 0 radical (unpaired) electrons. The van der Waals surface area contributed by atoms with Crippen LogP contribution in [0.4, 0.5) is 11.4 Å². The van der Waals surface area contributed by atoms with Crippen LogP contribution in [-0.2, 0) is 9.59 Å². The molecule has 0 aliphatic carbocycles. The van der Waals surface area contributed by atoms with E-state index in [9.17, 15) is 14.7 Å². The summed E-state index contributed by atoms with van der Waals surface area (Å²) >= 11 is 9.34. The number of nitrogens with zero attached hydrogens (tertiary/aromatic N) is 1. The van der Waals surface area contributed by atoms with Gasteiger partial charge in [-0.15, -0.1) is 0 Å². The summed E-state index contributed by atoms with van der Waals surface area (Å²) in [5.41, 5.74) is 7.88. The molecular weight excluding hydrogens is 468 g/mol. The molecule has 5 nitrogen and oxygen atoms in total. The van der Waals surface area contributed by atoms with Gasteiger partial charge in [0.15, 0.2) is 0 Å². The summed E-state index contributed by atoms with van der Waals surface area (Å²) in [5, 5.41) is 11.6. The number of nitrogen functional groups attached to an aromatic ring is 1. The van der Waals surface area contributed by atoms with Crippen molar-refractivity contribution in [2.75, 3.05) is 10.6 Å². The molecule has 1 atom stereocenters. The van der Waals surface area contributed by atoms with E-state index in [4.69, 9.17) is 17.3 Å². The first kappa shape index (κ1) is 20.2. The van der Waals surface area contributed by atoms with Crippen LogP contribution in [0.15, 0.2) is 82.8 Å². The number of nitrogens with two attached hydrogens (primary N) is 1. The number of para-hydroxylation sites is 1. The second kappa shape index (κ2) is 7.97. The Morgan fingerprint density at radius 2 is 1.67 bits per heavy atom. The van der Waals surface area contributed by atoms with Gasteiger partial charge in [0.05, 0.1) is 11.6 Å². The molecule has 0 spiro atoms. The Morgan fingerprint density at radius 1 is 1.00 bits per heavy atom. The largest absolute Gasteiger partial charge is 0.507 e. The number of halogens is 2. The number of rotatable bonds is 3. The number of amides is 1. The topological polar surface area (TPSA) is 83.6 Å². The minimum atomic E-state index is -0.811. The number of ketones is 1. The van der Waals surface area contributed by atoms with Crippen molar-refractivity contribution in [2.45, 2.75) is 6.04 Å². The first-order valence-electron chi connectivity index (χ1n) is 9.05. The molecule has 1 aliphatic heterocycles. The van der Waals surface area contributed by atoms with E-state index >= 15 is 0 Å². The second-order valence-electron chi connectivity index (χ2n) is 6.79. The monoisotopic (exact) mass is 482 g/mol. The fourth-order valence-corrected chi connectivity index (χ4v) is 3.87. The quantitative estimate of drug-likeness (QED) is 0.229. The normalized spacial score (nSPS) is 18.1. The van der Waals surface area contributed by atoms with Crippen molar-refractivity contribution in [1.82, 2.24) is 0 Å². The standard InChI is InChI=1S/C23H16BrClN2O3/c24-17-11-8-14(12-18(17)26)21(28)19-20(13-6-9-15(25)10-7-13)27(23(30)22(19)29)16-4-2-1-3-5-16/h1-12,20,28H,26H2. The van der Waals surface area contributed by atoms with Crippen LogP contribution in [0.5, 0.6) is 0 Å². The number of Topliss-reactive ketones (excluding diaryl/α,β-unsaturated/α-hetero) is 1. The number of benzene rings is 3. The van der Waals surface area contributed by atoms with Gasteiger partial charge in [-0.25, -0.2) is 0 Å². The molecule has 7 heteroatoms. The summed E-state index contributed by atoms with van der Waals surface area (Å²) < 4.78 is 0.665. The van der Waals surface area contributed by atoms with Crippen LogP contribution in [0.2, 0.25) is 5.02 Å². The Bertz CT molecular complexity index is 1180. The zero-order chi connectivity index (χ0) is 21.4. The van der Waals surface area contributed by atoms with Gasteiger partial charge in [-0.1, -0.05) is 41.9 Å². The number of carbonyl (C=O) groups excluding carboxylic acids is 2. The van der Waals surface area contributed by atoms with E-state index in [1.54, 1.807) is 66.7 Å². The van der Waals surface area contributed by atoms with Crippen molar-refractivity contribution in [3.63, 3.8) is 0 Å². The minimum absolute atomic E-state index is 0.00658. The predicted octanol–water partition coefficient (Wildman–Crippen LogP) is 5.31. The molecule has 1 fully saturated rings. The van der Waals surface area contributed by atoms with E-state index in [-0.39, 0.29) is 11.3 Å². The summed E-state index contributed by atoms with van der Waals surface area (Å²) in [5.74, 6) is -1.77. The fourth-order valence-electron chi connectivity index (χ4n) is 3.49. The lowest BCUT2D eigenvalue weighted by molar-refractivity contribution is -0.132. The molecule has 30 heavy (non-hydrogen) atoms. The highest BCUT2D eigenvalue weighted by molar-refractivity contribution is 9.10. The molecule has 1 amide bonds. The second-order valence-corrected chi connectivity index (χ2v) is 8.08. The Kier molecular flexibility index (Phi) is 5.37. The van der Waals surface area contributed by atoms with Gasteiger partial charge in [0.25, 0.3) is 11.7 Å². The number of hydrogen-bond acceptors (Lipinski definition) is 4. The predicted molar refractivity (Wildman–Crippen MR) is 121 cm³/mol. The first-order chi connectivity index (χ1) is 14.4. The van der Waals surface area contributed by atoms with Gasteiger partial charge < -0.3 is 10.8 Å². The third-order valence-corrected chi connectivity index (χ3v) is 5.91. The Labute approximate surface area is 186 Å². The maximum Gasteiger partial charge on any atom is 0.300 e. The van der Waals surface area contributed by atoms with Crippen molar-refractivity contribution in [3.05, 3.63) is 99.0 Å². The zero-order valence-electron chi connectivity index (χ0n) is 15.5. The lowest BCUT2D eigenvalue weighted by Crippen LogP contribution is -2.29. The summed E-state index contributed by atoms with van der Waals surface area (Å²) in [4.78, 5) is 27.4. The Balaban J connectivity index is 1.95. The molecule has 0 aromatic heterocycles. The van der Waals surface area contributed by atoms with Crippen LogP contribution in [0.1, 0.15) is 17.2 Å². The van der Waals surface area contributed by atoms with Crippen LogP contribution in [-0.4, -0.2) is 16.8 Å². The lowest BCUT2D eigenvalue weighted by Gasteiger charge is -2.25. The molecule has 3 aromatic rings. The molecule has 3 N–H and O–H groups in total. The van der Waals surface area contributed by atoms with Gasteiger partial charge >= 0.3 is 0 Å². The highest BCUT2D eigenvalue weighted by Crippen LogP contribution is 2.42. The highest BCUT2D eigenvalue weighted by atomic mass is 79.9. The van der Waals surface area contributed by atoms with Gasteiger partial charge in [-0.05, 0) is 64.0 Å². The molecule has 0 bridgehead atoms. The number of anilines is 2. The molecule has 1 saturated heterocycles. The zero-order valence-corrected chi connectivity index (χ0v) is 17.9. The fraction of sp³-hybridized carbons (Fsp3) is 0.0435. The smallest absolute Gasteiger partial charge is 0.300 e. The number of aliphatic hydroxyl groups is 1. The number of carbonyl (C=O) groups is 2. The van der Waals surface area contributed by atoms with Crippen LogP contribution in [0, 0.1) is 0 Å². The average Bonchev–Trinajstić information content (AvgIpc) is 3.01. The van der Waals surface area contributed by atoms with E-state index < -0.39 is 17.7 Å². The SMILES string of the molecule is Nc1cc(C(O)=C2C(=O)C(=O)N(c3ccccc3)C2c2ccc(Cl)cc2)ccc1Br. The molecule has 1 heterocycles. The van der Waals surface area contributed by atoms with Gasteiger partial charge in [0.1, 0.15) is 5.76 Å². The van der Waals surface area contributed by atoms with Crippen molar-refractivity contribution in [2.24, 2.45) is 0 Å². The molecule has 3 aromatic carbocycles. The van der Waals surface area contributed by atoms with Gasteiger partial charge in [0, 0.05) is 26.4 Å². The highest BCUT2D eigenvalue weighted by Gasteiger charge is 2.46. The van der Waals surface area contributed by atoms with Crippen LogP contribution in [0.3, 0.4) is 0 Å². The van der Waals surface area contributed by atoms with Crippen molar-refractivity contribution in [1.29, 1.82) is 0 Å². The van der Waals surface area contributed by atoms with E-state index in [0.29, 0.717) is 32.0 Å². The van der Waals surface area contributed by atoms with Crippen molar-refractivity contribution >= 4 is 56.4 Å². The summed E-state index contributed by atoms with van der Waals surface area (Å²) in [6.45, 7) is 0. The first-order valence-corrected chi connectivity index (χ1v) is 10.2. The van der Waals surface area contributed by atoms with E-state index in [2.05, 4.69) is 15.9 Å². The molecule has 150 valence electrons. The van der Waals surface area contributed by atoms with Crippen LogP contribution < -0.4 is 10.6 Å². The molecular formula is C23H16BrClN2O3. The van der Waals surface area contributed by atoms with Crippen LogP contribution >= 0.6 is 27.5 Å². The lowest BCUT2D eigenvalue weighted by atomic mass is 9.95. The molecule has 1 aliphatic rings. The van der Waals surface area contributed by atoms with Crippen LogP contribution in [0.25, 0.3) is 5.76 Å². The third-order valence-electron chi connectivity index (χ3n) is 4.93. The van der Waals surface area contributed by atoms with E-state index in [1.165, 1.54) is 4.90 Å². The van der Waals surface area contributed by atoms with E-state index in [0.717, 1.165) is 0 Å². The summed E-state index contributed by atoms with van der Waals surface area (Å²) in [7, 11) is 0. The molecule has 4 rings (SSSR count). The van der Waals surface area contributed by atoms with Gasteiger partial charge in [-0.2, -0.15) is 0 Å². The van der Waals surface area contributed by atoms with E-state index in [1.807, 2.05) is 6.07 Å². The molecule has 1 unspecified atom stereocenters. The average molecular weight is 484 g/mol. The van der Waals surface area contributed by atoms with Gasteiger partial charge in [-0.3, -0.25) is 14.5 Å². The summed E-state index contributed by atoms with van der Waals surface area (Å²) in [6, 6.07) is 19.7. The minimum Gasteiger partial charge on any atom is -0.507 e. The van der Waals surface area contributed by atoms with Crippen molar-refractivity contribution in [3.8, 4) is 0 Å². The Morgan fingerprint density at radius 3 is 2.30 bits per heavy atom. The molecule has 0 saturated carbocycles. The van der Waals surface area contributed by atoms with Gasteiger partial charge in [0.2, 0.25) is 0 Å². The Hall–Kier alpha value is -3.09. The summed E-state index contributed by atoms with van der Waals surface area (Å²) in [6.07, 6.45) is 0. The number of aliphatic hydroxyl groups excluding tert-OH is 1.